The Labute approximate surface area is 89.7 Å². The Morgan fingerprint density at radius 1 is 1.47 bits per heavy atom. The number of hydrogen-bond donors (Lipinski definition) is 0. The first kappa shape index (κ1) is 11.6. The average molecular weight is 208 g/mol. The number of rotatable bonds is 4. The Morgan fingerprint density at radius 3 is 2.60 bits per heavy atom. The molecule has 0 aliphatic rings. The van der Waals surface area contributed by atoms with Crippen LogP contribution in [0.25, 0.3) is 0 Å². The molecule has 0 fully saturated rings. The van der Waals surface area contributed by atoms with Crippen molar-refractivity contribution in [2.75, 3.05) is 7.11 Å². The first-order valence-electron chi connectivity index (χ1n) is 5.04. The van der Waals surface area contributed by atoms with Crippen molar-refractivity contribution in [2.45, 2.75) is 27.2 Å². The second-order valence-corrected chi connectivity index (χ2v) is 3.58. The highest BCUT2D eigenvalue weighted by atomic mass is 16.5. The number of nitrogens with zero attached hydrogens (tertiary/aromatic N) is 2. The highest BCUT2D eigenvalue weighted by Gasteiger charge is 2.14. The fourth-order valence-corrected chi connectivity index (χ4v) is 1.16. The first-order chi connectivity index (χ1) is 7.08. The fourth-order valence-electron chi connectivity index (χ4n) is 1.16. The number of carbonyl (C=O) groups excluding carboxylic acids is 1. The Kier molecular flexibility index (Phi) is 3.77. The van der Waals surface area contributed by atoms with Crippen molar-refractivity contribution in [3.05, 3.63) is 17.6 Å². The molecule has 0 atom stereocenters. The number of hydrogen-bond acceptors (Lipinski definition) is 4. The number of ketones is 1. The van der Waals surface area contributed by atoms with Crippen LogP contribution in [-0.2, 0) is 6.42 Å². The number of methoxy groups -OCH3 is 1. The molecule has 1 aromatic heterocycles. The molecule has 0 N–H and O–H groups in total. The van der Waals surface area contributed by atoms with Crippen LogP contribution in [0.1, 0.15) is 37.1 Å². The average Bonchev–Trinajstić information content (AvgIpc) is 2.27. The molecule has 0 saturated carbocycles. The molecule has 15 heavy (non-hydrogen) atoms. The van der Waals surface area contributed by atoms with Crippen LogP contribution in [-0.4, -0.2) is 22.9 Å². The summed E-state index contributed by atoms with van der Waals surface area (Å²) in [5, 5.41) is 0. The quantitative estimate of drug-likeness (QED) is 0.709. The van der Waals surface area contributed by atoms with Crippen molar-refractivity contribution in [2.24, 2.45) is 5.92 Å². The van der Waals surface area contributed by atoms with Gasteiger partial charge < -0.3 is 4.74 Å². The number of ether oxygens (including phenoxy) is 1. The minimum absolute atomic E-state index is 0.0189. The summed E-state index contributed by atoms with van der Waals surface area (Å²) in [4.78, 5) is 20.0. The maximum atomic E-state index is 11.7. The van der Waals surface area contributed by atoms with Gasteiger partial charge in [0, 0.05) is 18.4 Å². The topological polar surface area (TPSA) is 52.1 Å². The molecular formula is C11H16N2O2. The molecule has 0 saturated heterocycles. The van der Waals surface area contributed by atoms with E-state index < -0.39 is 0 Å². The van der Waals surface area contributed by atoms with E-state index in [1.807, 2.05) is 20.8 Å². The van der Waals surface area contributed by atoms with Crippen molar-refractivity contribution in [1.82, 2.24) is 9.97 Å². The Balaban J connectivity index is 3.12. The van der Waals surface area contributed by atoms with Crippen LogP contribution >= 0.6 is 0 Å². The SMILES string of the molecule is CCc1nc(OC)cc(C(=O)C(C)C)n1. The van der Waals surface area contributed by atoms with Gasteiger partial charge in [0.2, 0.25) is 5.88 Å². The zero-order valence-corrected chi connectivity index (χ0v) is 9.57. The zero-order valence-electron chi connectivity index (χ0n) is 9.57. The molecule has 0 spiro atoms. The lowest BCUT2D eigenvalue weighted by Crippen LogP contribution is -2.12. The van der Waals surface area contributed by atoms with Gasteiger partial charge in [-0.2, -0.15) is 4.98 Å². The largest absolute Gasteiger partial charge is 0.481 e. The predicted molar refractivity (Wildman–Crippen MR) is 57.1 cm³/mol. The molecule has 0 amide bonds. The van der Waals surface area contributed by atoms with Crippen LogP contribution in [0.5, 0.6) is 5.88 Å². The smallest absolute Gasteiger partial charge is 0.217 e. The minimum Gasteiger partial charge on any atom is -0.481 e. The van der Waals surface area contributed by atoms with Gasteiger partial charge in [-0.3, -0.25) is 4.79 Å². The van der Waals surface area contributed by atoms with Gasteiger partial charge >= 0.3 is 0 Å². The molecule has 0 unspecified atom stereocenters. The van der Waals surface area contributed by atoms with Crippen LogP contribution in [0.15, 0.2) is 6.07 Å². The third-order valence-electron chi connectivity index (χ3n) is 2.05. The summed E-state index contributed by atoms with van der Waals surface area (Å²) in [6.07, 6.45) is 0.690. The summed E-state index contributed by atoms with van der Waals surface area (Å²) >= 11 is 0. The molecule has 4 nitrogen and oxygen atoms in total. The molecule has 0 bridgehead atoms. The Morgan fingerprint density at radius 2 is 2.13 bits per heavy atom. The molecule has 0 radical (unpaired) electrons. The Hall–Kier alpha value is -1.45. The van der Waals surface area contributed by atoms with E-state index in [-0.39, 0.29) is 11.7 Å². The van der Waals surface area contributed by atoms with Gasteiger partial charge in [-0.25, -0.2) is 4.98 Å². The van der Waals surface area contributed by atoms with Crippen LogP contribution in [0.2, 0.25) is 0 Å². The molecule has 82 valence electrons. The van der Waals surface area contributed by atoms with Gasteiger partial charge in [0.15, 0.2) is 5.78 Å². The molecule has 1 heterocycles. The van der Waals surface area contributed by atoms with E-state index >= 15 is 0 Å². The second kappa shape index (κ2) is 4.87. The summed E-state index contributed by atoms with van der Waals surface area (Å²) in [7, 11) is 1.53. The van der Waals surface area contributed by atoms with Crippen molar-refractivity contribution < 1.29 is 9.53 Å². The number of Topliss-reactive ketones (excluding diaryl/α,β-unsaturated/α-hetero) is 1. The number of carbonyl (C=O) groups is 1. The van der Waals surface area contributed by atoms with E-state index in [0.29, 0.717) is 23.8 Å². The van der Waals surface area contributed by atoms with Gasteiger partial charge in [0.1, 0.15) is 11.5 Å². The summed E-state index contributed by atoms with van der Waals surface area (Å²) < 4.78 is 5.02. The van der Waals surface area contributed by atoms with E-state index in [4.69, 9.17) is 4.74 Å². The monoisotopic (exact) mass is 208 g/mol. The van der Waals surface area contributed by atoms with E-state index in [1.54, 1.807) is 6.07 Å². The first-order valence-corrected chi connectivity index (χ1v) is 5.04. The summed E-state index contributed by atoms with van der Waals surface area (Å²) in [6, 6.07) is 1.58. The normalized spacial score (nSPS) is 10.5. The third kappa shape index (κ3) is 2.75. The van der Waals surface area contributed by atoms with Crippen LogP contribution in [0.4, 0.5) is 0 Å². The maximum Gasteiger partial charge on any atom is 0.217 e. The van der Waals surface area contributed by atoms with E-state index in [0.717, 1.165) is 0 Å². The van der Waals surface area contributed by atoms with Crippen LogP contribution in [0, 0.1) is 5.92 Å². The Bertz CT molecular complexity index is 339. The lowest BCUT2D eigenvalue weighted by molar-refractivity contribution is 0.0933. The minimum atomic E-state index is -0.0608. The fraction of sp³-hybridized carbons (Fsp3) is 0.545. The highest BCUT2D eigenvalue weighted by molar-refractivity contribution is 5.95. The van der Waals surface area contributed by atoms with Gasteiger partial charge in [-0.1, -0.05) is 20.8 Å². The molecule has 4 heteroatoms. The lowest BCUT2D eigenvalue weighted by atomic mass is 10.1. The van der Waals surface area contributed by atoms with Gasteiger partial charge in [-0.05, 0) is 0 Å². The van der Waals surface area contributed by atoms with Crippen LogP contribution < -0.4 is 4.74 Å². The maximum absolute atomic E-state index is 11.7. The molecule has 1 aromatic rings. The summed E-state index contributed by atoms with van der Waals surface area (Å²) in [5.41, 5.74) is 0.439. The van der Waals surface area contributed by atoms with Crippen molar-refractivity contribution in [1.29, 1.82) is 0 Å². The highest BCUT2D eigenvalue weighted by Crippen LogP contribution is 2.13. The standard InChI is InChI=1S/C11H16N2O2/c1-5-9-12-8(11(14)7(2)3)6-10(13-9)15-4/h6-7H,5H2,1-4H3. The van der Waals surface area contributed by atoms with E-state index in [1.165, 1.54) is 7.11 Å². The van der Waals surface area contributed by atoms with Crippen molar-refractivity contribution >= 4 is 5.78 Å². The lowest BCUT2D eigenvalue weighted by Gasteiger charge is -2.07. The predicted octanol–water partition coefficient (Wildman–Crippen LogP) is 1.89. The van der Waals surface area contributed by atoms with E-state index in [2.05, 4.69) is 9.97 Å². The van der Waals surface area contributed by atoms with Gasteiger partial charge in [-0.15, -0.1) is 0 Å². The molecule has 0 aliphatic carbocycles. The second-order valence-electron chi connectivity index (χ2n) is 3.58. The molecule has 0 aromatic carbocycles. The van der Waals surface area contributed by atoms with E-state index in [9.17, 15) is 4.79 Å². The van der Waals surface area contributed by atoms with Crippen LogP contribution in [0.3, 0.4) is 0 Å². The van der Waals surface area contributed by atoms with Crippen molar-refractivity contribution in [3.8, 4) is 5.88 Å². The zero-order chi connectivity index (χ0) is 11.4. The molecular weight excluding hydrogens is 192 g/mol. The van der Waals surface area contributed by atoms with Crippen molar-refractivity contribution in [3.63, 3.8) is 0 Å². The van der Waals surface area contributed by atoms with Gasteiger partial charge in [0.25, 0.3) is 0 Å². The van der Waals surface area contributed by atoms with Gasteiger partial charge in [0.05, 0.1) is 7.11 Å². The number of aryl methyl sites for hydroxylation is 1. The third-order valence-corrected chi connectivity index (χ3v) is 2.05. The summed E-state index contributed by atoms with van der Waals surface area (Å²) in [6.45, 7) is 5.64. The number of aromatic nitrogens is 2. The molecule has 1 rings (SSSR count). The summed E-state index contributed by atoms with van der Waals surface area (Å²) in [5.74, 6) is 1.05. The molecule has 0 aliphatic heterocycles.